The molecule has 1 N–H and O–H groups in total. The Bertz CT molecular complexity index is 506. The summed E-state index contributed by atoms with van der Waals surface area (Å²) in [5.74, 6) is 0.273. The SMILES string of the molecule is COCCn1nccc1-c1cc(C)ccc1O. The van der Waals surface area contributed by atoms with Crippen molar-refractivity contribution in [2.24, 2.45) is 0 Å². The number of ether oxygens (including phenoxy) is 1. The predicted molar refractivity (Wildman–Crippen MR) is 65.9 cm³/mol. The Kier molecular flexibility index (Phi) is 3.44. The molecule has 0 fully saturated rings. The number of aryl methyl sites for hydroxylation is 1. The third-order valence-corrected chi connectivity index (χ3v) is 2.65. The first-order valence-electron chi connectivity index (χ1n) is 5.53. The quantitative estimate of drug-likeness (QED) is 0.879. The number of phenolic OH excluding ortho intramolecular Hbond substituents is 1. The maximum atomic E-state index is 9.88. The number of methoxy groups -OCH3 is 1. The van der Waals surface area contributed by atoms with Crippen LogP contribution in [0, 0.1) is 6.92 Å². The number of aromatic hydroxyl groups is 1. The van der Waals surface area contributed by atoms with Gasteiger partial charge in [0.2, 0.25) is 0 Å². The molecule has 4 heteroatoms. The number of benzene rings is 1. The van der Waals surface area contributed by atoms with Crippen molar-refractivity contribution in [1.82, 2.24) is 9.78 Å². The summed E-state index contributed by atoms with van der Waals surface area (Å²) in [6.45, 7) is 3.27. The van der Waals surface area contributed by atoms with Gasteiger partial charge in [-0.05, 0) is 25.1 Å². The Hall–Kier alpha value is -1.81. The first-order valence-corrected chi connectivity index (χ1v) is 5.53. The summed E-state index contributed by atoms with van der Waals surface area (Å²) >= 11 is 0. The van der Waals surface area contributed by atoms with Crippen molar-refractivity contribution in [3.63, 3.8) is 0 Å². The van der Waals surface area contributed by atoms with Gasteiger partial charge in [0, 0.05) is 18.9 Å². The van der Waals surface area contributed by atoms with Gasteiger partial charge in [-0.3, -0.25) is 4.68 Å². The molecule has 0 aliphatic rings. The first-order chi connectivity index (χ1) is 8.22. The molecule has 4 nitrogen and oxygen atoms in total. The van der Waals surface area contributed by atoms with Crippen LogP contribution >= 0.6 is 0 Å². The van der Waals surface area contributed by atoms with Crippen molar-refractivity contribution in [2.45, 2.75) is 13.5 Å². The summed E-state index contributed by atoms with van der Waals surface area (Å²) in [5, 5.41) is 14.1. The summed E-state index contributed by atoms with van der Waals surface area (Å²) in [5.41, 5.74) is 2.82. The molecule has 1 heterocycles. The molecular weight excluding hydrogens is 216 g/mol. The normalized spacial score (nSPS) is 10.7. The van der Waals surface area contributed by atoms with E-state index in [9.17, 15) is 5.11 Å². The summed E-state index contributed by atoms with van der Waals surface area (Å²) < 4.78 is 6.87. The van der Waals surface area contributed by atoms with Crippen molar-refractivity contribution in [2.75, 3.05) is 13.7 Å². The van der Waals surface area contributed by atoms with Crippen LogP contribution in [-0.4, -0.2) is 28.6 Å². The predicted octanol–water partition coefficient (Wildman–Crippen LogP) is 2.21. The molecule has 0 aliphatic heterocycles. The zero-order valence-corrected chi connectivity index (χ0v) is 10.1. The molecule has 0 aliphatic carbocycles. The molecule has 1 aromatic carbocycles. The van der Waals surface area contributed by atoms with Crippen LogP contribution in [0.4, 0.5) is 0 Å². The second-order valence-electron chi connectivity index (χ2n) is 3.95. The molecule has 0 radical (unpaired) electrons. The van der Waals surface area contributed by atoms with E-state index < -0.39 is 0 Å². The Morgan fingerprint density at radius 1 is 1.35 bits per heavy atom. The zero-order chi connectivity index (χ0) is 12.3. The molecule has 1 aromatic heterocycles. The smallest absolute Gasteiger partial charge is 0.124 e. The lowest BCUT2D eigenvalue weighted by Gasteiger charge is -2.09. The highest BCUT2D eigenvalue weighted by Crippen LogP contribution is 2.29. The summed E-state index contributed by atoms with van der Waals surface area (Å²) in [6.07, 6.45) is 1.73. The molecule has 2 rings (SSSR count). The third kappa shape index (κ3) is 2.47. The first kappa shape index (κ1) is 11.7. The molecule has 0 atom stereocenters. The number of nitrogens with zero attached hydrogens (tertiary/aromatic N) is 2. The van der Waals surface area contributed by atoms with Crippen LogP contribution < -0.4 is 0 Å². The maximum Gasteiger partial charge on any atom is 0.124 e. The minimum Gasteiger partial charge on any atom is -0.507 e. The molecule has 90 valence electrons. The Balaban J connectivity index is 2.38. The van der Waals surface area contributed by atoms with Crippen molar-refractivity contribution < 1.29 is 9.84 Å². The van der Waals surface area contributed by atoms with Gasteiger partial charge in [-0.15, -0.1) is 0 Å². The maximum absolute atomic E-state index is 9.88. The minimum atomic E-state index is 0.273. The number of rotatable bonds is 4. The van der Waals surface area contributed by atoms with E-state index in [2.05, 4.69) is 5.10 Å². The van der Waals surface area contributed by atoms with Crippen LogP contribution in [0.3, 0.4) is 0 Å². The van der Waals surface area contributed by atoms with Crippen LogP contribution in [0.1, 0.15) is 5.56 Å². The van der Waals surface area contributed by atoms with Gasteiger partial charge in [-0.2, -0.15) is 5.10 Å². The Morgan fingerprint density at radius 2 is 2.18 bits per heavy atom. The molecule has 0 amide bonds. The fourth-order valence-corrected chi connectivity index (χ4v) is 1.77. The molecule has 0 saturated carbocycles. The monoisotopic (exact) mass is 232 g/mol. The molecule has 0 saturated heterocycles. The highest BCUT2D eigenvalue weighted by Gasteiger charge is 2.09. The highest BCUT2D eigenvalue weighted by molar-refractivity contribution is 5.67. The number of hydrogen-bond donors (Lipinski definition) is 1. The fraction of sp³-hybridized carbons (Fsp3) is 0.308. The van der Waals surface area contributed by atoms with E-state index in [1.165, 1.54) is 0 Å². The highest BCUT2D eigenvalue weighted by atomic mass is 16.5. The van der Waals surface area contributed by atoms with Crippen LogP contribution in [0.5, 0.6) is 5.75 Å². The van der Waals surface area contributed by atoms with E-state index in [1.807, 2.05) is 29.8 Å². The summed E-state index contributed by atoms with van der Waals surface area (Å²) in [4.78, 5) is 0. The summed E-state index contributed by atoms with van der Waals surface area (Å²) in [7, 11) is 1.66. The van der Waals surface area contributed by atoms with Crippen LogP contribution in [0.2, 0.25) is 0 Å². The van der Waals surface area contributed by atoms with E-state index in [0.717, 1.165) is 16.8 Å². The average molecular weight is 232 g/mol. The zero-order valence-electron chi connectivity index (χ0n) is 10.1. The van der Waals surface area contributed by atoms with E-state index in [4.69, 9.17) is 4.74 Å². The summed E-state index contributed by atoms with van der Waals surface area (Å²) in [6, 6.07) is 7.44. The number of phenols is 1. The second-order valence-corrected chi connectivity index (χ2v) is 3.95. The minimum absolute atomic E-state index is 0.273. The van der Waals surface area contributed by atoms with Gasteiger partial charge in [0.05, 0.1) is 18.8 Å². The molecule has 0 unspecified atom stereocenters. The van der Waals surface area contributed by atoms with E-state index in [-0.39, 0.29) is 5.75 Å². The van der Waals surface area contributed by atoms with Crippen molar-refractivity contribution in [1.29, 1.82) is 0 Å². The third-order valence-electron chi connectivity index (χ3n) is 2.65. The van der Waals surface area contributed by atoms with Gasteiger partial charge < -0.3 is 9.84 Å². The lowest BCUT2D eigenvalue weighted by molar-refractivity contribution is 0.184. The van der Waals surface area contributed by atoms with E-state index >= 15 is 0 Å². The Morgan fingerprint density at radius 3 is 2.94 bits per heavy atom. The standard InChI is InChI=1S/C13H16N2O2/c1-10-3-4-13(16)11(9-10)12-5-6-14-15(12)7-8-17-2/h3-6,9,16H,7-8H2,1-2H3. The van der Waals surface area contributed by atoms with Gasteiger partial charge in [-0.1, -0.05) is 11.6 Å². The van der Waals surface area contributed by atoms with Crippen LogP contribution in [0.25, 0.3) is 11.3 Å². The molecule has 0 bridgehead atoms. The van der Waals surface area contributed by atoms with Gasteiger partial charge in [0.15, 0.2) is 0 Å². The van der Waals surface area contributed by atoms with E-state index in [1.54, 1.807) is 19.4 Å². The molecule has 2 aromatic rings. The number of aromatic nitrogens is 2. The van der Waals surface area contributed by atoms with Crippen molar-refractivity contribution in [3.05, 3.63) is 36.0 Å². The largest absolute Gasteiger partial charge is 0.507 e. The van der Waals surface area contributed by atoms with Crippen molar-refractivity contribution >= 4 is 0 Å². The van der Waals surface area contributed by atoms with E-state index in [0.29, 0.717) is 13.2 Å². The fourth-order valence-electron chi connectivity index (χ4n) is 1.77. The average Bonchev–Trinajstić information content (AvgIpc) is 2.77. The molecular formula is C13H16N2O2. The van der Waals surface area contributed by atoms with Crippen molar-refractivity contribution in [3.8, 4) is 17.0 Å². The van der Waals surface area contributed by atoms with Crippen LogP contribution in [0.15, 0.2) is 30.5 Å². The Labute approximate surface area is 100 Å². The topological polar surface area (TPSA) is 47.3 Å². The molecule has 17 heavy (non-hydrogen) atoms. The van der Waals surface area contributed by atoms with Gasteiger partial charge in [0.1, 0.15) is 5.75 Å². The van der Waals surface area contributed by atoms with Gasteiger partial charge in [-0.25, -0.2) is 0 Å². The number of hydrogen-bond acceptors (Lipinski definition) is 3. The second kappa shape index (κ2) is 5.01. The van der Waals surface area contributed by atoms with Crippen LogP contribution in [-0.2, 0) is 11.3 Å². The lowest BCUT2D eigenvalue weighted by atomic mass is 10.1. The van der Waals surface area contributed by atoms with Gasteiger partial charge >= 0.3 is 0 Å². The lowest BCUT2D eigenvalue weighted by Crippen LogP contribution is -2.07. The van der Waals surface area contributed by atoms with Gasteiger partial charge in [0.25, 0.3) is 0 Å². The molecule has 0 spiro atoms.